The lowest BCUT2D eigenvalue weighted by Gasteiger charge is -2.10. The third-order valence-electron chi connectivity index (χ3n) is 2.75. The van der Waals surface area contributed by atoms with E-state index < -0.39 is 5.82 Å². The molecule has 0 heterocycles. The fraction of sp³-hybridized carbons (Fsp3) is 0.462. The van der Waals surface area contributed by atoms with E-state index in [1.807, 2.05) is 0 Å². The fourth-order valence-electron chi connectivity index (χ4n) is 1.74. The zero-order valence-corrected chi connectivity index (χ0v) is 10.9. The van der Waals surface area contributed by atoms with Crippen LogP contribution in [0, 0.1) is 5.82 Å². The molecule has 0 aliphatic rings. The number of nitrogens with zero attached hydrogens (tertiary/aromatic N) is 1. The van der Waals surface area contributed by atoms with Crippen molar-refractivity contribution >= 4 is 5.84 Å². The van der Waals surface area contributed by atoms with Crippen LogP contribution in [0.15, 0.2) is 23.4 Å². The van der Waals surface area contributed by atoms with E-state index in [1.165, 1.54) is 12.1 Å². The maximum absolute atomic E-state index is 13.1. The molecule has 1 aromatic carbocycles. The molecule has 0 spiro atoms. The van der Waals surface area contributed by atoms with Gasteiger partial charge in [0.2, 0.25) is 0 Å². The molecular weight excluding hydrogens is 249 g/mol. The van der Waals surface area contributed by atoms with Gasteiger partial charge in [-0.15, -0.1) is 0 Å². The molecule has 1 aromatic rings. The summed E-state index contributed by atoms with van der Waals surface area (Å²) in [5, 5.41) is 23.9. The van der Waals surface area contributed by atoms with Crippen molar-refractivity contribution in [2.45, 2.75) is 32.4 Å². The summed E-state index contributed by atoms with van der Waals surface area (Å²) in [6, 6.07) is 4.17. The SMILES string of the molecule is CC(O)CCCNCc1ccc(F)cc1/C(N)=N/O. The fourth-order valence-corrected chi connectivity index (χ4v) is 1.74. The monoisotopic (exact) mass is 269 g/mol. The molecule has 5 nitrogen and oxygen atoms in total. The van der Waals surface area contributed by atoms with E-state index in [1.54, 1.807) is 13.0 Å². The molecule has 0 fully saturated rings. The first-order valence-corrected chi connectivity index (χ1v) is 6.19. The van der Waals surface area contributed by atoms with Crippen LogP contribution in [0.1, 0.15) is 30.9 Å². The van der Waals surface area contributed by atoms with Gasteiger partial charge in [-0.05, 0) is 44.0 Å². The number of aliphatic hydroxyl groups excluding tert-OH is 1. The summed E-state index contributed by atoms with van der Waals surface area (Å²) in [6.45, 7) is 2.97. The van der Waals surface area contributed by atoms with Crippen molar-refractivity contribution in [2.75, 3.05) is 6.54 Å². The minimum Gasteiger partial charge on any atom is -0.409 e. The van der Waals surface area contributed by atoms with E-state index in [2.05, 4.69) is 10.5 Å². The highest BCUT2D eigenvalue weighted by atomic mass is 19.1. The molecule has 0 saturated carbocycles. The molecule has 0 radical (unpaired) electrons. The molecule has 0 aliphatic heterocycles. The summed E-state index contributed by atoms with van der Waals surface area (Å²) in [6.07, 6.45) is 1.27. The highest BCUT2D eigenvalue weighted by Crippen LogP contribution is 2.11. The molecule has 0 aromatic heterocycles. The number of amidine groups is 1. The average Bonchev–Trinajstić information content (AvgIpc) is 2.38. The predicted molar refractivity (Wildman–Crippen MR) is 71.5 cm³/mol. The second-order valence-corrected chi connectivity index (χ2v) is 4.45. The number of halogens is 1. The van der Waals surface area contributed by atoms with Crippen molar-refractivity contribution in [1.29, 1.82) is 0 Å². The lowest BCUT2D eigenvalue weighted by molar-refractivity contribution is 0.181. The van der Waals surface area contributed by atoms with Gasteiger partial charge in [0, 0.05) is 12.1 Å². The second-order valence-electron chi connectivity index (χ2n) is 4.45. The Labute approximate surface area is 111 Å². The number of oxime groups is 1. The van der Waals surface area contributed by atoms with Crippen LogP contribution >= 0.6 is 0 Å². The Bertz CT molecular complexity index is 436. The molecule has 0 amide bonds. The lowest BCUT2D eigenvalue weighted by atomic mass is 10.1. The van der Waals surface area contributed by atoms with Gasteiger partial charge in [0.15, 0.2) is 5.84 Å². The Morgan fingerprint density at radius 3 is 2.89 bits per heavy atom. The van der Waals surface area contributed by atoms with Gasteiger partial charge < -0.3 is 21.4 Å². The summed E-state index contributed by atoms with van der Waals surface area (Å²) in [7, 11) is 0. The molecule has 19 heavy (non-hydrogen) atoms. The minimum absolute atomic E-state index is 0.111. The molecule has 1 unspecified atom stereocenters. The topological polar surface area (TPSA) is 90.9 Å². The molecule has 1 atom stereocenters. The third kappa shape index (κ3) is 5.23. The van der Waals surface area contributed by atoms with Crippen molar-refractivity contribution in [3.63, 3.8) is 0 Å². The van der Waals surface area contributed by atoms with E-state index in [0.29, 0.717) is 12.1 Å². The number of hydrogen-bond acceptors (Lipinski definition) is 4. The number of nitrogens with two attached hydrogens (primary N) is 1. The summed E-state index contributed by atoms with van der Waals surface area (Å²) < 4.78 is 13.1. The van der Waals surface area contributed by atoms with E-state index in [4.69, 9.17) is 16.0 Å². The van der Waals surface area contributed by atoms with Crippen LogP contribution in [0.5, 0.6) is 0 Å². The Morgan fingerprint density at radius 2 is 2.26 bits per heavy atom. The van der Waals surface area contributed by atoms with Gasteiger partial charge in [-0.25, -0.2) is 4.39 Å². The number of aliphatic hydroxyl groups is 1. The Morgan fingerprint density at radius 1 is 1.53 bits per heavy atom. The van der Waals surface area contributed by atoms with Crippen LogP contribution in [0.25, 0.3) is 0 Å². The van der Waals surface area contributed by atoms with E-state index in [-0.39, 0.29) is 11.9 Å². The molecular formula is C13H20FN3O2. The van der Waals surface area contributed by atoms with E-state index in [9.17, 15) is 4.39 Å². The zero-order valence-electron chi connectivity index (χ0n) is 10.9. The zero-order chi connectivity index (χ0) is 14.3. The summed E-state index contributed by atoms with van der Waals surface area (Å²) in [4.78, 5) is 0. The molecule has 1 rings (SSSR count). The number of hydrogen-bond donors (Lipinski definition) is 4. The van der Waals surface area contributed by atoms with E-state index in [0.717, 1.165) is 24.9 Å². The van der Waals surface area contributed by atoms with Crippen molar-refractivity contribution in [3.05, 3.63) is 35.1 Å². The maximum atomic E-state index is 13.1. The van der Waals surface area contributed by atoms with Gasteiger partial charge in [0.05, 0.1) is 6.10 Å². The first-order valence-electron chi connectivity index (χ1n) is 6.19. The van der Waals surface area contributed by atoms with Gasteiger partial charge in [-0.3, -0.25) is 0 Å². The predicted octanol–water partition coefficient (Wildman–Crippen LogP) is 1.17. The summed E-state index contributed by atoms with van der Waals surface area (Å²) >= 11 is 0. The Hall–Kier alpha value is -1.66. The van der Waals surface area contributed by atoms with Crippen molar-refractivity contribution < 1.29 is 14.7 Å². The highest BCUT2D eigenvalue weighted by molar-refractivity contribution is 5.98. The van der Waals surface area contributed by atoms with Crippen LogP contribution in [0.2, 0.25) is 0 Å². The summed E-state index contributed by atoms with van der Waals surface area (Å²) in [5.41, 5.74) is 6.64. The normalized spacial score (nSPS) is 13.5. The smallest absolute Gasteiger partial charge is 0.170 e. The van der Waals surface area contributed by atoms with Crippen LogP contribution < -0.4 is 11.1 Å². The minimum atomic E-state index is -0.431. The molecule has 6 heteroatoms. The number of benzene rings is 1. The first kappa shape index (κ1) is 15.4. The third-order valence-corrected chi connectivity index (χ3v) is 2.75. The summed E-state index contributed by atoms with van der Waals surface area (Å²) in [5.74, 6) is -0.542. The van der Waals surface area contributed by atoms with Gasteiger partial charge in [-0.1, -0.05) is 11.2 Å². The quantitative estimate of drug-likeness (QED) is 0.197. The van der Waals surface area contributed by atoms with Crippen LogP contribution in [0.4, 0.5) is 4.39 Å². The first-order chi connectivity index (χ1) is 9.04. The van der Waals surface area contributed by atoms with Gasteiger partial charge >= 0.3 is 0 Å². The standard InChI is InChI=1S/C13H20FN3O2/c1-9(18)3-2-6-16-8-10-4-5-11(14)7-12(10)13(15)17-19/h4-5,7,9,16,18-19H,2-3,6,8H2,1H3,(H2,15,17). The van der Waals surface area contributed by atoms with Crippen LogP contribution in [-0.2, 0) is 6.54 Å². The highest BCUT2D eigenvalue weighted by Gasteiger charge is 2.08. The van der Waals surface area contributed by atoms with E-state index >= 15 is 0 Å². The number of nitrogens with one attached hydrogen (secondary N) is 1. The number of rotatable bonds is 7. The second kappa shape index (κ2) is 7.70. The van der Waals surface area contributed by atoms with Crippen LogP contribution in [0.3, 0.4) is 0 Å². The molecule has 0 bridgehead atoms. The largest absolute Gasteiger partial charge is 0.409 e. The van der Waals surface area contributed by atoms with Crippen molar-refractivity contribution in [3.8, 4) is 0 Å². The molecule has 0 aliphatic carbocycles. The van der Waals surface area contributed by atoms with Gasteiger partial charge in [0.25, 0.3) is 0 Å². The van der Waals surface area contributed by atoms with Crippen LogP contribution in [-0.4, -0.2) is 28.8 Å². The van der Waals surface area contributed by atoms with Gasteiger partial charge in [-0.2, -0.15) is 0 Å². The van der Waals surface area contributed by atoms with Crippen molar-refractivity contribution in [1.82, 2.24) is 5.32 Å². The molecule has 5 N–H and O–H groups in total. The Kier molecular flexibility index (Phi) is 6.24. The Balaban J connectivity index is 2.58. The van der Waals surface area contributed by atoms with Crippen molar-refractivity contribution in [2.24, 2.45) is 10.9 Å². The molecule has 0 saturated heterocycles. The maximum Gasteiger partial charge on any atom is 0.170 e. The van der Waals surface area contributed by atoms with Gasteiger partial charge in [0.1, 0.15) is 5.82 Å². The lowest BCUT2D eigenvalue weighted by Crippen LogP contribution is -2.21. The average molecular weight is 269 g/mol. The molecule has 106 valence electrons.